The Labute approximate surface area is 195 Å². The summed E-state index contributed by atoms with van der Waals surface area (Å²) in [6.07, 6.45) is 4.33. The highest BCUT2D eigenvalue weighted by Crippen LogP contribution is 2.38. The van der Waals surface area contributed by atoms with Crippen molar-refractivity contribution < 1.29 is 8.76 Å². The molecule has 5 heterocycles. The highest BCUT2D eigenvalue weighted by atomic mass is 32.2. The van der Waals surface area contributed by atoms with Crippen LogP contribution in [0.3, 0.4) is 0 Å². The van der Waals surface area contributed by atoms with Crippen LogP contribution in [0, 0.1) is 13.8 Å². The Morgan fingerprint density at radius 2 is 2.03 bits per heavy atom. The van der Waals surface area contributed by atoms with Gasteiger partial charge in [-0.05, 0) is 56.0 Å². The van der Waals surface area contributed by atoms with Gasteiger partial charge < -0.3 is 14.4 Å². The Hall–Kier alpha value is -2.62. The lowest BCUT2D eigenvalue weighted by atomic mass is 9.93. The van der Waals surface area contributed by atoms with Crippen molar-refractivity contribution in [2.24, 2.45) is 0 Å². The molecule has 0 bridgehead atoms. The Morgan fingerprint density at radius 3 is 2.76 bits per heavy atom. The van der Waals surface area contributed by atoms with E-state index in [-0.39, 0.29) is 5.75 Å². The van der Waals surface area contributed by atoms with Gasteiger partial charge >= 0.3 is 0 Å². The van der Waals surface area contributed by atoms with Gasteiger partial charge in [-0.25, -0.2) is 9.50 Å². The standard InChI is InChI=1S/C24H30N6O2S/c1-14(2)21-22(18-12-30-24(25-13-26-30)16(4)15(18)3)28-20-7-6-19(27-23(20)21)17-10-29(11-17)8-5-9-33(31)32/h6-7,12-14,17,28H,5,8-11H2,1-4H3,(H,31,32)/p-1. The smallest absolute Gasteiger partial charge is 0.158 e. The Kier molecular flexibility index (Phi) is 5.80. The van der Waals surface area contributed by atoms with Crippen LogP contribution in [0.2, 0.25) is 0 Å². The quantitative estimate of drug-likeness (QED) is 0.418. The highest BCUT2D eigenvalue weighted by Gasteiger charge is 2.29. The fraction of sp³-hybridized carbons (Fsp3) is 0.458. The second kappa shape index (κ2) is 8.62. The summed E-state index contributed by atoms with van der Waals surface area (Å²) in [6.45, 7) is 11.3. The summed E-state index contributed by atoms with van der Waals surface area (Å²) in [5.74, 6) is 0.920. The molecule has 0 amide bonds. The molecule has 0 aliphatic carbocycles. The third kappa shape index (κ3) is 3.98. The summed E-state index contributed by atoms with van der Waals surface area (Å²) in [4.78, 5) is 15.5. The molecule has 1 atom stereocenters. The Bertz CT molecular complexity index is 1350. The van der Waals surface area contributed by atoms with Crippen molar-refractivity contribution in [1.82, 2.24) is 29.5 Å². The third-order valence-corrected chi connectivity index (χ3v) is 7.46. The van der Waals surface area contributed by atoms with Gasteiger partial charge in [-0.3, -0.25) is 9.19 Å². The molecule has 0 saturated carbocycles. The predicted octanol–water partition coefficient (Wildman–Crippen LogP) is 3.68. The molecular formula is C24H29N6O2S-. The zero-order chi connectivity index (χ0) is 23.3. The summed E-state index contributed by atoms with van der Waals surface area (Å²) >= 11 is -1.95. The van der Waals surface area contributed by atoms with Crippen molar-refractivity contribution >= 4 is 27.8 Å². The lowest BCUT2D eigenvalue weighted by molar-refractivity contribution is 0.147. The van der Waals surface area contributed by atoms with Gasteiger partial charge in [0.1, 0.15) is 6.33 Å². The van der Waals surface area contributed by atoms with Gasteiger partial charge in [0.05, 0.1) is 16.7 Å². The largest absolute Gasteiger partial charge is 0.772 e. The molecule has 9 heteroatoms. The fourth-order valence-electron chi connectivity index (χ4n) is 4.90. The molecule has 174 valence electrons. The Balaban J connectivity index is 1.48. The first-order valence-electron chi connectivity index (χ1n) is 11.4. The van der Waals surface area contributed by atoms with Crippen LogP contribution in [0.4, 0.5) is 0 Å². The summed E-state index contributed by atoms with van der Waals surface area (Å²) in [7, 11) is 0. The molecular weight excluding hydrogens is 436 g/mol. The molecule has 1 N–H and O–H groups in total. The molecule has 1 aliphatic heterocycles. The lowest BCUT2D eigenvalue weighted by Crippen LogP contribution is -2.45. The van der Waals surface area contributed by atoms with Gasteiger partial charge in [0, 0.05) is 47.8 Å². The number of nitrogens with one attached hydrogen (secondary N) is 1. The van der Waals surface area contributed by atoms with Crippen LogP contribution in [0.5, 0.6) is 0 Å². The summed E-state index contributed by atoms with van der Waals surface area (Å²) in [5, 5.41) is 4.37. The second-order valence-electron chi connectivity index (χ2n) is 9.34. The van der Waals surface area contributed by atoms with Crippen LogP contribution in [-0.2, 0) is 11.1 Å². The molecule has 5 rings (SSSR count). The van der Waals surface area contributed by atoms with Gasteiger partial charge in [0.15, 0.2) is 5.65 Å². The summed E-state index contributed by atoms with van der Waals surface area (Å²) < 4.78 is 23.3. The van der Waals surface area contributed by atoms with Crippen LogP contribution >= 0.6 is 0 Å². The third-order valence-electron chi connectivity index (χ3n) is 6.83. The van der Waals surface area contributed by atoms with E-state index in [1.807, 2.05) is 4.52 Å². The van der Waals surface area contributed by atoms with Crippen LogP contribution in [0.25, 0.3) is 27.9 Å². The molecule has 4 aromatic rings. The number of fused-ring (bicyclic) bond motifs is 2. The molecule has 0 spiro atoms. The van der Waals surface area contributed by atoms with Crippen molar-refractivity contribution in [3.8, 4) is 11.3 Å². The highest BCUT2D eigenvalue weighted by molar-refractivity contribution is 7.79. The first-order chi connectivity index (χ1) is 15.8. The molecule has 0 aromatic carbocycles. The molecule has 0 radical (unpaired) electrons. The number of aromatic nitrogens is 5. The van der Waals surface area contributed by atoms with Gasteiger partial charge in [0.25, 0.3) is 0 Å². The number of aryl methyl sites for hydroxylation is 1. The van der Waals surface area contributed by atoms with E-state index in [9.17, 15) is 8.76 Å². The van der Waals surface area contributed by atoms with E-state index in [0.717, 1.165) is 58.8 Å². The van der Waals surface area contributed by atoms with Gasteiger partial charge in [0.2, 0.25) is 0 Å². The van der Waals surface area contributed by atoms with E-state index in [0.29, 0.717) is 18.3 Å². The predicted molar refractivity (Wildman–Crippen MR) is 129 cm³/mol. The van der Waals surface area contributed by atoms with Crippen LogP contribution in [-0.4, -0.2) is 63.6 Å². The summed E-state index contributed by atoms with van der Waals surface area (Å²) in [6, 6.07) is 4.27. The first-order valence-corrected chi connectivity index (χ1v) is 12.7. The number of rotatable bonds is 7. The van der Waals surface area contributed by atoms with Gasteiger partial charge in [-0.1, -0.05) is 24.9 Å². The summed E-state index contributed by atoms with van der Waals surface area (Å²) in [5.41, 5.74) is 9.84. The van der Waals surface area contributed by atoms with Crippen molar-refractivity contribution in [2.45, 2.75) is 46.0 Å². The maximum Gasteiger partial charge on any atom is 0.158 e. The van der Waals surface area contributed by atoms with E-state index in [1.54, 1.807) is 6.33 Å². The van der Waals surface area contributed by atoms with Crippen molar-refractivity contribution in [3.05, 3.63) is 47.0 Å². The number of likely N-dealkylation sites (tertiary alicyclic amines) is 1. The minimum atomic E-state index is -1.95. The minimum Gasteiger partial charge on any atom is -0.772 e. The monoisotopic (exact) mass is 465 g/mol. The number of pyridine rings is 2. The van der Waals surface area contributed by atoms with Crippen molar-refractivity contribution in [3.63, 3.8) is 0 Å². The number of H-pyrrole nitrogens is 1. The zero-order valence-electron chi connectivity index (χ0n) is 19.5. The SMILES string of the molecule is Cc1c(-c2[nH]c3ccc(C4CN(CCCS(=O)[O-])C4)nc3c2C(C)C)cn2ncnc2c1C. The van der Waals surface area contributed by atoms with E-state index < -0.39 is 11.1 Å². The molecule has 1 aliphatic rings. The van der Waals surface area contributed by atoms with Crippen LogP contribution < -0.4 is 0 Å². The lowest BCUT2D eigenvalue weighted by Gasteiger charge is -2.39. The average Bonchev–Trinajstić information content (AvgIpc) is 3.36. The normalized spacial score (nSPS) is 16.2. The maximum absolute atomic E-state index is 10.7. The van der Waals surface area contributed by atoms with E-state index >= 15 is 0 Å². The van der Waals surface area contributed by atoms with Crippen LogP contribution in [0.1, 0.15) is 54.5 Å². The molecule has 1 fully saturated rings. The number of hydrogen-bond acceptors (Lipinski definition) is 6. The fourth-order valence-corrected chi connectivity index (χ4v) is 5.27. The molecule has 33 heavy (non-hydrogen) atoms. The van der Waals surface area contributed by atoms with Gasteiger partial charge in [-0.15, -0.1) is 0 Å². The number of hydrogen-bond donors (Lipinski definition) is 1. The first kappa shape index (κ1) is 22.2. The van der Waals surface area contributed by atoms with Crippen molar-refractivity contribution in [1.29, 1.82) is 0 Å². The molecule has 4 aromatic heterocycles. The van der Waals surface area contributed by atoms with E-state index in [1.165, 1.54) is 11.1 Å². The average molecular weight is 466 g/mol. The number of aromatic amines is 1. The molecule has 1 saturated heterocycles. The topological polar surface area (TPSA) is 102 Å². The Morgan fingerprint density at radius 1 is 1.24 bits per heavy atom. The minimum absolute atomic E-state index is 0.231. The van der Waals surface area contributed by atoms with Gasteiger partial charge in [-0.2, -0.15) is 5.10 Å². The van der Waals surface area contributed by atoms with Crippen LogP contribution in [0.15, 0.2) is 24.7 Å². The maximum atomic E-state index is 10.7. The van der Waals surface area contributed by atoms with Crippen molar-refractivity contribution in [2.75, 3.05) is 25.4 Å². The number of nitrogens with zero attached hydrogens (tertiary/aromatic N) is 5. The van der Waals surface area contributed by atoms with E-state index in [2.05, 4.69) is 66.0 Å². The second-order valence-corrected chi connectivity index (χ2v) is 10.4. The molecule has 1 unspecified atom stereocenters. The molecule has 8 nitrogen and oxygen atoms in total. The van der Waals surface area contributed by atoms with E-state index in [4.69, 9.17) is 4.98 Å². The zero-order valence-corrected chi connectivity index (χ0v) is 20.3.